The smallest absolute Gasteiger partial charge is 0.196 e. The number of aliphatic imine (C=N–C) groups is 1. The zero-order valence-corrected chi connectivity index (χ0v) is 15.0. The van der Waals surface area contributed by atoms with E-state index in [0.29, 0.717) is 18.2 Å². The van der Waals surface area contributed by atoms with Crippen LogP contribution < -0.4 is 0 Å². The molecule has 4 rings (SSSR count). The molecule has 0 fully saturated rings. The van der Waals surface area contributed by atoms with E-state index in [9.17, 15) is 0 Å². The van der Waals surface area contributed by atoms with Gasteiger partial charge in [-0.15, -0.1) is 0 Å². The van der Waals surface area contributed by atoms with Gasteiger partial charge in [-0.05, 0) is 13.0 Å². The van der Waals surface area contributed by atoms with Crippen molar-refractivity contribution in [3.05, 3.63) is 102 Å². The van der Waals surface area contributed by atoms with E-state index >= 15 is 0 Å². The van der Waals surface area contributed by atoms with Crippen LogP contribution in [0.4, 0.5) is 0 Å². The van der Waals surface area contributed by atoms with E-state index in [1.807, 2.05) is 49.4 Å². The average Bonchev–Trinajstić information content (AvgIpc) is 3.24. The number of aromatic nitrogens is 4. The molecule has 0 atom stereocenters. The summed E-state index contributed by atoms with van der Waals surface area (Å²) in [5.41, 5.74) is 4.87. The van der Waals surface area contributed by atoms with Crippen molar-refractivity contribution in [3.8, 4) is 11.6 Å². The molecular weight excluding hydrogens is 334 g/mol. The molecule has 0 aliphatic heterocycles. The van der Waals surface area contributed by atoms with Gasteiger partial charge in [0, 0.05) is 29.2 Å². The summed E-state index contributed by atoms with van der Waals surface area (Å²) in [7, 11) is 0. The highest BCUT2D eigenvalue weighted by atomic mass is 15.0. The summed E-state index contributed by atoms with van der Waals surface area (Å²) in [6, 6.07) is 22.4. The second-order valence-electron chi connectivity index (χ2n) is 6.16. The normalized spacial score (nSPS) is 10.6. The van der Waals surface area contributed by atoms with Gasteiger partial charge in [0.15, 0.2) is 11.6 Å². The van der Waals surface area contributed by atoms with Crippen molar-refractivity contribution in [3.63, 3.8) is 0 Å². The number of nitrogens with one attached hydrogen (secondary N) is 1. The maximum atomic E-state index is 4.89. The molecule has 5 nitrogen and oxygen atoms in total. The van der Waals surface area contributed by atoms with Crippen LogP contribution in [-0.2, 0) is 6.54 Å². The van der Waals surface area contributed by atoms with Crippen LogP contribution in [0.2, 0.25) is 0 Å². The van der Waals surface area contributed by atoms with Crippen LogP contribution in [0, 0.1) is 6.92 Å². The summed E-state index contributed by atoms with van der Waals surface area (Å²) < 4.78 is 0. The fourth-order valence-electron chi connectivity index (χ4n) is 2.91. The van der Waals surface area contributed by atoms with E-state index in [-0.39, 0.29) is 0 Å². The lowest BCUT2D eigenvalue weighted by atomic mass is 10.0. The molecule has 2 aromatic heterocycles. The first kappa shape index (κ1) is 16.8. The largest absolute Gasteiger partial charge is 0.342 e. The number of hydrogen-bond acceptors (Lipinski definition) is 4. The number of benzene rings is 2. The molecule has 4 aromatic rings. The van der Waals surface area contributed by atoms with Gasteiger partial charge in [-0.2, -0.15) is 0 Å². The number of nitrogens with zero attached hydrogens (tertiary/aromatic N) is 4. The Bertz CT molecular complexity index is 997. The van der Waals surface area contributed by atoms with Gasteiger partial charge in [0.25, 0.3) is 0 Å². The Labute approximate surface area is 157 Å². The molecule has 0 aliphatic carbocycles. The molecule has 0 spiro atoms. The number of aromatic amines is 1. The molecule has 0 unspecified atom stereocenters. The average molecular weight is 353 g/mol. The first-order valence-corrected chi connectivity index (χ1v) is 8.79. The van der Waals surface area contributed by atoms with Gasteiger partial charge in [0.2, 0.25) is 0 Å². The topological polar surface area (TPSA) is 66.8 Å². The quantitative estimate of drug-likeness (QED) is 0.547. The minimum Gasteiger partial charge on any atom is -0.342 e. The van der Waals surface area contributed by atoms with Crippen LogP contribution >= 0.6 is 0 Å². The minimum atomic E-state index is 0.468. The molecule has 0 saturated heterocycles. The van der Waals surface area contributed by atoms with Gasteiger partial charge in [-0.1, -0.05) is 60.7 Å². The summed E-state index contributed by atoms with van der Waals surface area (Å²) in [4.78, 5) is 21.3. The molecular formula is C22H19N5. The first-order chi connectivity index (χ1) is 13.3. The summed E-state index contributed by atoms with van der Waals surface area (Å²) in [6.45, 7) is 2.42. The highest BCUT2D eigenvalue weighted by Crippen LogP contribution is 2.14. The molecule has 5 heteroatoms. The number of rotatable bonds is 5. The molecule has 0 amide bonds. The second-order valence-corrected chi connectivity index (χ2v) is 6.16. The van der Waals surface area contributed by atoms with E-state index in [1.165, 1.54) is 0 Å². The van der Waals surface area contributed by atoms with Gasteiger partial charge in [0.1, 0.15) is 0 Å². The fourth-order valence-corrected chi connectivity index (χ4v) is 2.91. The fraction of sp³-hybridized carbons (Fsp3) is 0.0909. The third kappa shape index (κ3) is 3.98. The van der Waals surface area contributed by atoms with Crippen molar-refractivity contribution in [2.24, 2.45) is 4.99 Å². The van der Waals surface area contributed by atoms with Gasteiger partial charge >= 0.3 is 0 Å². The molecule has 132 valence electrons. The molecule has 0 aliphatic rings. The third-order valence-corrected chi connectivity index (χ3v) is 4.11. The van der Waals surface area contributed by atoms with Crippen LogP contribution in [0.5, 0.6) is 0 Å². The lowest BCUT2D eigenvalue weighted by Gasteiger charge is -2.08. The predicted molar refractivity (Wildman–Crippen MR) is 107 cm³/mol. The van der Waals surface area contributed by atoms with Crippen LogP contribution in [0.3, 0.4) is 0 Å². The second kappa shape index (κ2) is 7.74. The van der Waals surface area contributed by atoms with E-state index in [2.05, 4.69) is 44.2 Å². The Morgan fingerprint density at radius 1 is 0.926 bits per heavy atom. The summed E-state index contributed by atoms with van der Waals surface area (Å²) in [5, 5.41) is 0. The zero-order valence-electron chi connectivity index (χ0n) is 15.0. The van der Waals surface area contributed by atoms with Crippen molar-refractivity contribution in [2.45, 2.75) is 13.5 Å². The maximum Gasteiger partial charge on any atom is 0.196 e. The number of aryl methyl sites for hydroxylation is 1. The zero-order chi connectivity index (χ0) is 18.5. The summed E-state index contributed by atoms with van der Waals surface area (Å²) >= 11 is 0. The van der Waals surface area contributed by atoms with E-state index in [1.54, 1.807) is 12.4 Å². The van der Waals surface area contributed by atoms with Crippen LogP contribution in [0.15, 0.2) is 84.1 Å². The van der Waals surface area contributed by atoms with Crippen molar-refractivity contribution in [1.82, 2.24) is 19.9 Å². The van der Waals surface area contributed by atoms with Gasteiger partial charge in [-0.3, -0.25) is 4.99 Å². The molecule has 1 N–H and O–H groups in total. The van der Waals surface area contributed by atoms with Gasteiger partial charge < -0.3 is 4.98 Å². The Morgan fingerprint density at radius 2 is 1.59 bits per heavy atom. The standard InChI is InChI=1S/C22H19N5/c1-16-14-19(27-22(26-16)21-23-12-13-24-21)15-25-20(17-8-4-2-5-9-17)18-10-6-3-7-11-18/h2-14H,15H2,1H3,(H,23,24). The van der Waals surface area contributed by atoms with Crippen molar-refractivity contribution >= 4 is 5.71 Å². The highest BCUT2D eigenvalue weighted by molar-refractivity contribution is 6.12. The highest BCUT2D eigenvalue weighted by Gasteiger charge is 2.09. The first-order valence-electron chi connectivity index (χ1n) is 8.79. The van der Waals surface area contributed by atoms with Crippen LogP contribution in [-0.4, -0.2) is 25.6 Å². The van der Waals surface area contributed by atoms with Crippen molar-refractivity contribution in [2.75, 3.05) is 0 Å². The molecule has 2 aromatic carbocycles. The SMILES string of the molecule is Cc1cc(CN=C(c2ccccc2)c2ccccc2)nc(-c2ncc[nH]2)n1. The predicted octanol–water partition coefficient (Wildman–Crippen LogP) is 4.21. The van der Waals surface area contributed by atoms with Crippen molar-refractivity contribution in [1.29, 1.82) is 0 Å². The molecule has 27 heavy (non-hydrogen) atoms. The number of H-pyrrole nitrogens is 1. The van der Waals surface area contributed by atoms with Crippen LogP contribution in [0.25, 0.3) is 11.6 Å². The Hall–Kier alpha value is -3.60. The molecule has 0 saturated carbocycles. The Morgan fingerprint density at radius 3 is 2.19 bits per heavy atom. The van der Waals surface area contributed by atoms with Gasteiger partial charge in [0.05, 0.1) is 18.0 Å². The van der Waals surface area contributed by atoms with Crippen molar-refractivity contribution < 1.29 is 0 Å². The molecule has 0 bridgehead atoms. The summed E-state index contributed by atoms with van der Waals surface area (Å²) in [5.74, 6) is 1.25. The third-order valence-electron chi connectivity index (χ3n) is 4.11. The Kier molecular flexibility index (Phi) is 4.83. The minimum absolute atomic E-state index is 0.468. The monoisotopic (exact) mass is 353 g/mol. The number of imidazole rings is 1. The summed E-state index contributed by atoms with van der Waals surface area (Å²) in [6.07, 6.45) is 3.46. The van der Waals surface area contributed by atoms with E-state index in [4.69, 9.17) is 4.99 Å². The van der Waals surface area contributed by atoms with E-state index in [0.717, 1.165) is 28.2 Å². The molecule has 0 radical (unpaired) electrons. The van der Waals surface area contributed by atoms with Crippen LogP contribution in [0.1, 0.15) is 22.5 Å². The maximum absolute atomic E-state index is 4.89. The van der Waals surface area contributed by atoms with Gasteiger partial charge in [-0.25, -0.2) is 15.0 Å². The number of hydrogen-bond donors (Lipinski definition) is 1. The van der Waals surface area contributed by atoms with E-state index < -0.39 is 0 Å². The Balaban J connectivity index is 1.70. The molecule has 2 heterocycles. The lowest BCUT2D eigenvalue weighted by Crippen LogP contribution is -2.05. The lowest BCUT2D eigenvalue weighted by molar-refractivity contribution is 0.945.